The molecule has 0 aliphatic carbocycles. The van der Waals surface area contributed by atoms with Gasteiger partial charge in [0.25, 0.3) is 0 Å². The Hall–Kier alpha value is -1.84. The molecule has 2 aromatic carbocycles. The molecule has 0 aliphatic rings. The highest BCUT2D eigenvalue weighted by molar-refractivity contribution is 5.85. The van der Waals surface area contributed by atoms with E-state index < -0.39 is 0 Å². The molecular weight excluding hydrogens is 308 g/mol. The Bertz CT molecular complexity index is 584. The Morgan fingerprint density at radius 3 is 2.22 bits per heavy atom. The van der Waals surface area contributed by atoms with E-state index in [1.807, 2.05) is 32.2 Å². The number of carbonyl (C=O) groups excluding carboxylic acids is 1. The van der Waals surface area contributed by atoms with Gasteiger partial charge in [-0.15, -0.1) is 12.4 Å². The van der Waals surface area contributed by atoms with Crippen molar-refractivity contribution in [3.63, 3.8) is 0 Å². The van der Waals surface area contributed by atoms with Gasteiger partial charge in [-0.05, 0) is 43.6 Å². The van der Waals surface area contributed by atoms with Crippen molar-refractivity contribution < 1.29 is 4.79 Å². The van der Waals surface area contributed by atoms with E-state index in [1.165, 1.54) is 11.1 Å². The van der Waals surface area contributed by atoms with Gasteiger partial charge in [0.1, 0.15) is 0 Å². The van der Waals surface area contributed by atoms with Crippen LogP contribution in [0.25, 0.3) is 11.1 Å². The lowest BCUT2D eigenvalue weighted by Gasteiger charge is -2.15. The average Bonchev–Trinajstić information content (AvgIpc) is 2.56. The zero-order valence-electron chi connectivity index (χ0n) is 13.7. The van der Waals surface area contributed by atoms with E-state index >= 15 is 0 Å². The normalized spacial score (nSPS) is 11.4. The molecule has 0 bridgehead atoms. The first kappa shape index (κ1) is 19.2. The van der Waals surface area contributed by atoms with E-state index in [1.54, 1.807) is 0 Å². The van der Waals surface area contributed by atoms with Crippen molar-refractivity contribution in [2.45, 2.75) is 25.8 Å². The van der Waals surface area contributed by atoms with Crippen LogP contribution in [-0.2, 0) is 4.79 Å². The highest BCUT2D eigenvalue weighted by Crippen LogP contribution is 2.21. The van der Waals surface area contributed by atoms with Gasteiger partial charge in [-0.3, -0.25) is 4.79 Å². The lowest BCUT2D eigenvalue weighted by Crippen LogP contribution is -2.27. The molecule has 0 spiro atoms. The van der Waals surface area contributed by atoms with E-state index in [0.717, 1.165) is 18.5 Å². The van der Waals surface area contributed by atoms with E-state index in [0.29, 0.717) is 6.42 Å². The van der Waals surface area contributed by atoms with E-state index in [4.69, 9.17) is 0 Å². The molecule has 1 unspecified atom stereocenters. The number of benzene rings is 2. The van der Waals surface area contributed by atoms with Gasteiger partial charge in [-0.2, -0.15) is 0 Å². The van der Waals surface area contributed by atoms with Crippen molar-refractivity contribution in [2.24, 2.45) is 0 Å². The van der Waals surface area contributed by atoms with Gasteiger partial charge >= 0.3 is 0 Å². The summed E-state index contributed by atoms with van der Waals surface area (Å²) in [5, 5.41) is 6.10. The fraction of sp³-hybridized carbons (Fsp3) is 0.316. The van der Waals surface area contributed by atoms with Gasteiger partial charge in [0.15, 0.2) is 0 Å². The first-order chi connectivity index (χ1) is 10.7. The molecule has 0 fully saturated rings. The van der Waals surface area contributed by atoms with Crippen LogP contribution in [-0.4, -0.2) is 19.5 Å². The van der Waals surface area contributed by atoms with Crippen LogP contribution >= 0.6 is 12.4 Å². The molecule has 2 N–H and O–H groups in total. The van der Waals surface area contributed by atoms with E-state index in [-0.39, 0.29) is 24.4 Å². The average molecular weight is 333 g/mol. The predicted molar refractivity (Wildman–Crippen MR) is 98.8 cm³/mol. The third-order valence-electron chi connectivity index (χ3n) is 3.73. The Kier molecular flexibility index (Phi) is 8.38. The standard InChI is InChI=1S/C19H24N2O.ClH/c1-15(21-19(22)9-6-14-20-2)16-10-12-18(13-11-16)17-7-4-3-5-8-17;/h3-5,7-8,10-13,15,20H,6,9,14H2,1-2H3,(H,21,22);1H. The number of nitrogens with one attached hydrogen (secondary N) is 2. The zero-order chi connectivity index (χ0) is 15.8. The highest BCUT2D eigenvalue weighted by Gasteiger charge is 2.09. The van der Waals surface area contributed by atoms with Crippen molar-refractivity contribution >= 4 is 18.3 Å². The van der Waals surface area contributed by atoms with Crippen molar-refractivity contribution in [1.29, 1.82) is 0 Å². The second-order valence-corrected chi connectivity index (χ2v) is 5.48. The second kappa shape index (κ2) is 10.0. The minimum Gasteiger partial charge on any atom is -0.350 e. The Morgan fingerprint density at radius 1 is 1.00 bits per heavy atom. The third kappa shape index (κ3) is 6.05. The smallest absolute Gasteiger partial charge is 0.220 e. The lowest BCUT2D eigenvalue weighted by atomic mass is 10.0. The first-order valence-electron chi connectivity index (χ1n) is 7.80. The molecule has 0 heterocycles. The predicted octanol–water partition coefficient (Wildman–Crippen LogP) is 3.95. The summed E-state index contributed by atoms with van der Waals surface area (Å²) in [6.07, 6.45) is 1.43. The number of carbonyl (C=O) groups is 1. The van der Waals surface area contributed by atoms with E-state index in [9.17, 15) is 4.79 Å². The molecule has 1 amide bonds. The minimum absolute atomic E-state index is 0. The van der Waals surface area contributed by atoms with Gasteiger partial charge in [-0.1, -0.05) is 54.6 Å². The molecule has 0 saturated carbocycles. The van der Waals surface area contributed by atoms with E-state index in [2.05, 4.69) is 47.0 Å². The molecule has 1 atom stereocenters. The van der Waals surface area contributed by atoms with Crippen LogP contribution < -0.4 is 10.6 Å². The topological polar surface area (TPSA) is 41.1 Å². The fourth-order valence-corrected chi connectivity index (χ4v) is 2.42. The summed E-state index contributed by atoms with van der Waals surface area (Å²) < 4.78 is 0. The molecule has 0 saturated heterocycles. The molecule has 4 heteroatoms. The summed E-state index contributed by atoms with van der Waals surface area (Å²) in [6.45, 7) is 2.89. The Morgan fingerprint density at radius 2 is 1.61 bits per heavy atom. The lowest BCUT2D eigenvalue weighted by molar-refractivity contribution is -0.121. The number of halogens is 1. The second-order valence-electron chi connectivity index (χ2n) is 5.48. The molecule has 2 aromatic rings. The maximum Gasteiger partial charge on any atom is 0.220 e. The maximum atomic E-state index is 11.9. The summed E-state index contributed by atoms with van der Waals surface area (Å²) in [6, 6.07) is 18.7. The number of hydrogen-bond acceptors (Lipinski definition) is 2. The Balaban J connectivity index is 0.00000264. The third-order valence-corrected chi connectivity index (χ3v) is 3.73. The highest BCUT2D eigenvalue weighted by atomic mass is 35.5. The summed E-state index contributed by atoms with van der Waals surface area (Å²) >= 11 is 0. The number of hydrogen-bond donors (Lipinski definition) is 2. The van der Waals surface area contributed by atoms with Crippen molar-refractivity contribution in [3.8, 4) is 11.1 Å². The summed E-state index contributed by atoms with van der Waals surface area (Å²) in [7, 11) is 1.90. The number of rotatable bonds is 7. The van der Waals surface area contributed by atoms with Gasteiger partial charge < -0.3 is 10.6 Å². The van der Waals surface area contributed by atoms with Crippen molar-refractivity contribution in [1.82, 2.24) is 10.6 Å². The molecule has 3 nitrogen and oxygen atoms in total. The van der Waals surface area contributed by atoms with Crippen LogP contribution in [0.1, 0.15) is 31.4 Å². The summed E-state index contributed by atoms with van der Waals surface area (Å²) in [5.41, 5.74) is 3.52. The van der Waals surface area contributed by atoms with Crippen LogP contribution in [0.3, 0.4) is 0 Å². The molecule has 0 aliphatic heterocycles. The van der Waals surface area contributed by atoms with Gasteiger partial charge in [0.2, 0.25) is 5.91 Å². The van der Waals surface area contributed by atoms with Crippen LogP contribution in [0.2, 0.25) is 0 Å². The van der Waals surface area contributed by atoms with Crippen LogP contribution in [0.4, 0.5) is 0 Å². The van der Waals surface area contributed by atoms with Crippen LogP contribution in [0, 0.1) is 0 Å². The fourth-order valence-electron chi connectivity index (χ4n) is 2.42. The molecular formula is C19H25ClN2O. The molecule has 2 rings (SSSR count). The summed E-state index contributed by atoms with van der Waals surface area (Å²) in [4.78, 5) is 11.9. The van der Waals surface area contributed by atoms with Crippen LogP contribution in [0.5, 0.6) is 0 Å². The number of amides is 1. The Labute approximate surface area is 144 Å². The zero-order valence-corrected chi connectivity index (χ0v) is 14.5. The quantitative estimate of drug-likeness (QED) is 0.754. The monoisotopic (exact) mass is 332 g/mol. The minimum atomic E-state index is 0. The molecule has 23 heavy (non-hydrogen) atoms. The first-order valence-corrected chi connectivity index (χ1v) is 7.80. The summed E-state index contributed by atoms with van der Waals surface area (Å²) in [5.74, 6) is 0.106. The largest absolute Gasteiger partial charge is 0.350 e. The van der Waals surface area contributed by atoms with Gasteiger partial charge in [0.05, 0.1) is 6.04 Å². The van der Waals surface area contributed by atoms with Gasteiger partial charge in [-0.25, -0.2) is 0 Å². The van der Waals surface area contributed by atoms with Crippen molar-refractivity contribution in [3.05, 3.63) is 60.2 Å². The van der Waals surface area contributed by atoms with Crippen molar-refractivity contribution in [2.75, 3.05) is 13.6 Å². The maximum absolute atomic E-state index is 11.9. The molecule has 124 valence electrons. The van der Waals surface area contributed by atoms with Crippen LogP contribution in [0.15, 0.2) is 54.6 Å². The SMILES string of the molecule is CNCCCC(=O)NC(C)c1ccc(-c2ccccc2)cc1.Cl. The van der Waals surface area contributed by atoms with Gasteiger partial charge in [0, 0.05) is 6.42 Å². The molecule has 0 radical (unpaired) electrons. The molecule has 0 aromatic heterocycles.